The van der Waals surface area contributed by atoms with Crippen molar-refractivity contribution in [1.82, 2.24) is 0 Å². The van der Waals surface area contributed by atoms with Gasteiger partial charge in [0.25, 0.3) is 0 Å². The van der Waals surface area contributed by atoms with Crippen molar-refractivity contribution in [2.75, 3.05) is 13.2 Å². The lowest BCUT2D eigenvalue weighted by Crippen LogP contribution is -2.09. The normalized spacial score (nSPS) is 10.5. The van der Waals surface area contributed by atoms with Gasteiger partial charge in [-0.25, -0.2) is 0 Å². The van der Waals surface area contributed by atoms with Crippen molar-refractivity contribution in [3.8, 4) is 0 Å². The van der Waals surface area contributed by atoms with Gasteiger partial charge < -0.3 is 4.74 Å². The summed E-state index contributed by atoms with van der Waals surface area (Å²) in [5.41, 5.74) is 0.617. The highest BCUT2D eigenvalue weighted by Gasteiger charge is 2.05. The number of carbonyl (C=O) groups is 1. The Morgan fingerprint density at radius 2 is 2.12 bits per heavy atom. The van der Waals surface area contributed by atoms with Crippen LogP contribution in [0.4, 0.5) is 0 Å². The first kappa shape index (κ1) is 14.2. The number of hydrogen-bond donors (Lipinski definition) is 0. The van der Waals surface area contributed by atoms with Crippen molar-refractivity contribution >= 4 is 17.4 Å². The quantitative estimate of drug-likeness (QED) is 0.515. The Labute approximate surface area is 108 Å². The SMILES string of the molecule is CCCCCCOCC(=O)c1cccc(Cl)c1. The van der Waals surface area contributed by atoms with Crippen molar-refractivity contribution < 1.29 is 9.53 Å². The summed E-state index contributed by atoms with van der Waals surface area (Å²) >= 11 is 5.81. The third-order valence-electron chi connectivity index (χ3n) is 2.52. The molecule has 1 rings (SSSR count). The van der Waals surface area contributed by atoms with Crippen LogP contribution in [0.3, 0.4) is 0 Å². The van der Waals surface area contributed by atoms with E-state index in [0.717, 1.165) is 6.42 Å². The number of ketones is 1. The molecule has 1 aromatic carbocycles. The molecule has 0 saturated heterocycles. The van der Waals surface area contributed by atoms with Crippen LogP contribution in [-0.2, 0) is 4.74 Å². The minimum atomic E-state index is -0.0111. The van der Waals surface area contributed by atoms with Crippen molar-refractivity contribution in [1.29, 1.82) is 0 Å². The molecule has 1 aromatic rings. The average Bonchev–Trinajstić information content (AvgIpc) is 2.33. The van der Waals surface area contributed by atoms with E-state index in [-0.39, 0.29) is 12.4 Å². The lowest BCUT2D eigenvalue weighted by Gasteiger charge is -2.04. The summed E-state index contributed by atoms with van der Waals surface area (Å²) in [5.74, 6) is -0.0111. The van der Waals surface area contributed by atoms with Gasteiger partial charge in [-0.05, 0) is 18.6 Å². The van der Waals surface area contributed by atoms with Gasteiger partial charge in [0.05, 0.1) is 0 Å². The van der Waals surface area contributed by atoms with E-state index in [0.29, 0.717) is 17.2 Å². The average molecular weight is 255 g/mol. The third-order valence-corrected chi connectivity index (χ3v) is 2.76. The van der Waals surface area contributed by atoms with Crippen molar-refractivity contribution in [2.45, 2.75) is 32.6 Å². The van der Waals surface area contributed by atoms with Gasteiger partial charge in [-0.1, -0.05) is 49.9 Å². The standard InChI is InChI=1S/C14H19ClO2/c1-2-3-4-5-9-17-11-14(16)12-7-6-8-13(15)10-12/h6-8,10H,2-5,9,11H2,1H3. The first-order valence-corrected chi connectivity index (χ1v) is 6.48. The van der Waals surface area contributed by atoms with Crippen LogP contribution in [0.2, 0.25) is 5.02 Å². The van der Waals surface area contributed by atoms with Crippen LogP contribution in [0.1, 0.15) is 43.0 Å². The summed E-state index contributed by atoms with van der Waals surface area (Å²) in [5, 5.41) is 0.582. The highest BCUT2D eigenvalue weighted by Crippen LogP contribution is 2.11. The predicted molar refractivity (Wildman–Crippen MR) is 70.7 cm³/mol. The lowest BCUT2D eigenvalue weighted by molar-refractivity contribution is 0.0752. The van der Waals surface area contributed by atoms with Crippen molar-refractivity contribution in [2.24, 2.45) is 0 Å². The molecule has 0 aliphatic rings. The molecule has 0 aliphatic heterocycles. The first-order valence-electron chi connectivity index (χ1n) is 6.10. The Morgan fingerprint density at radius 3 is 2.82 bits per heavy atom. The molecule has 0 unspecified atom stereocenters. The molecule has 3 heteroatoms. The fraction of sp³-hybridized carbons (Fsp3) is 0.500. The Kier molecular flexibility index (Phi) is 6.90. The van der Waals surface area contributed by atoms with Gasteiger partial charge in [0.2, 0.25) is 0 Å². The number of halogens is 1. The fourth-order valence-electron chi connectivity index (χ4n) is 1.54. The van der Waals surface area contributed by atoms with Gasteiger partial charge in [-0.3, -0.25) is 4.79 Å². The van der Waals surface area contributed by atoms with Crippen LogP contribution in [0.5, 0.6) is 0 Å². The molecule has 0 aliphatic carbocycles. The number of Topliss-reactive ketones (excluding diaryl/α,β-unsaturated/α-hetero) is 1. The van der Waals surface area contributed by atoms with E-state index in [9.17, 15) is 4.79 Å². The zero-order valence-electron chi connectivity index (χ0n) is 10.2. The Bertz CT molecular complexity index is 350. The van der Waals surface area contributed by atoms with E-state index in [1.165, 1.54) is 19.3 Å². The Hall–Kier alpha value is -0.860. The second-order valence-corrected chi connectivity index (χ2v) is 4.48. The van der Waals surface area contributed by atoms with E-state index in [2.05, 4.69) is 6.92 Å². The van der Waals surface area contributed by atoms with Gasteiger partial charge >= 0.3 is 0 Å². The number of carbonyl (C=O) groups excluding carboxylic acids is 1. The molecule has 0 radical (unpaired) electrons. The van der Waals surface area contributed by atoms with Gasteiger partial charge in [0.15, 0.2) is 5.78 Å². The maximum absolute atomic E-state index is 11.7. The van der Waals surface area contributed by atoms with Crippen LogP contribution in [-0.4, -0.2) is 19.0 Å². The van der Waals surface area contributed by atoms with E-state index in [1.54, 1.807) is 24.3 Å². The second kappa shape index (κ2) is 8.26. The van der Waals surface area contributed by atoms with Gasteiger partial charge in [0, 0.05) is 17.2 Å². The summed E-state index contributed by atoms with van der Waals surface area (Å²) < 4.78 is 5.34. The molecule has 94 valence electrons. The summed E-state index contributed by atoms with van der Waals surface area (Å²) in [6, 6.07) is 6.96. The monoisotopic (exact) mass is 254 g/mol. The molecule has 0 spiro atoms. The van der Waals surface area contributed by atoms with E-state index < -0.39 is 0 Å². The highest BCUT2D eigenvalue weighted by molar-refractivity contribution is 6.31. The zero-order valence-corrected chi connectivity index (χ0v) is 11.0. The molecule has 0 atom stereocenters. The van der Waals surface area contributed by atoms with E-state index >= 15 is 0 Å². The number of unbranched alkanes of at least 4 members (excludes halogenated alkanes) is 3. The van der Waals surface area contributed by atoms with Crippen LogP contribution in [0, 0.1) is 0 Å². The summed E-state index contributed by atoms with van der Waals surface area (Å²) in [4.78, 5) is 11.7. The summed E-state index contributed by atoms with van der Waals surface area (Å²) in [6.45, 7) is 2.97. The largest absolute Gasteiger partial charge is 0.373 e. The van der Waals surface area contributed by atoms with Gasteiger partial charge in [-0.15, -0.1) is 0 Å². The minimum absolute atomic E-state index is 0.0111. The molecule has 0 fully saturated rings. The highest BCUT2D eigenvalue weighted by atomic mass is 35.5. The molecule has 0 bridgehead atoms. The van der Waals surface area contributed by atoms with Crippen LogP contribution in [0.15, 0.2) is 24.3 Å². The van der Waals surface area contributed by atoms with Crippen molar-refractivity contribution in [3.05, 3.63) is 34.9 Å². The predicted octanol–water partition coefficient (Wildman–Crippen LogP) is 4.12. The zero-order chi connectivity index (χ0) is 12.5. The Morgan fingerprint density at radius 1 is 1.29 bits per heavy atom. The van der Waals surface area contributed by atoms with E-state index in [4.69, 9.17) is 16.3 Å². The second-order valence-electron chi connectivity index (χ2n) is 4.05. The number of benzene rings is 1. The first-order chi connectivity index (χ1) is 8.24. The number of hydrogen-bond acceptors (Lipinski definition) is 2. The minimum Gasteiger partial charge on any atom is -0.373 e. The Balaban J connectivity index is 2.21. The molecule has 0 amide bonds. The number of rotatable bonds is 8. The summed E-state index contributed by atoms with van der Waals surface area (Å²) in [6.07, 6.45) is 4.63. The molecule has 0 saturated carbocycles. The fourth-order valence-corrected chi connectivity index (χ4v) is 1.73. The van der Waals surface area contributed by atoms with Gasteiger partial charge in [0.1, 0.15) is 6.61 Å². The lowest BCUT2D eigenvalue weighted by atomic mass is 10.1. The van der Waals surface area contributed by atoms with E-state index in [1.807, 2.05) is 0 Å². The van der Waals surface area contributed by atoms with Crippen LogP contribution >= 0.6 is 11.6 Å². The maximum atomic E-state index is 11.7. The molecule has 0 aromatic heterocycles. The van der Waals surface area contributed by atoms with Gasteiger partial charge in [-0.2, -0.15) is 0 Å². The van der Waals surface area contributed by atoms with Crippen LogP contribution in [0.25, 0.3) is 0 Å². The van der Waals surface area contributed by atoms with Crippen molar-refractivity contribution in [3.63, 3.8) is 0 Å². The van der Waals surface area contributed by atoms with Crippen LogP contribution < -0.4 is 0 Å². The summed E-state index contributed by atoms with van der Waals surface area (Å²) in [7, 11) is 0. The smallest absolute Gasteiger partial charge is 0.188 e. The molecule has 17 heavy (non-hydrogen) atoms. The third kappa shape index (κ3) is 5.85. The molecule has 2 nitrogen and oxygen atoms in total. The molecular formula is C14H19ClO2. The molecule has 0 N–H and O–H groups in total. The topological polar surface area (TPSA) is 26.3 Å². The molecular weight excluding hydrogens is 236 g/mol. The number of ether oxygens (including phenoxy) is 1. The maximum Gasteiger partial charge on any atom is 0.188 e. The molecule has 0 heterocycles.